The topological polar surface area (TPSA) is 30.0 Å². The zero-order chi connectivity index (χ0) is 8.27. The van der Waals surface area contributed by atoms with Crippen LogP contribution in [0.3, 0.4) is 0 Å². The molecule has 0 fully saturated rings. The summed E-state index contributed by atoms with van der Waals surface area (Å²) in [5, 5.41) is 0.553. The van der Waals surface area contributed by atoms with Gasteiger partial charge in [0.25, 0.3) is 0 Å². The van der Waals surface area contributed by atoms with E-state index in [-0.39, 0.29) is 5.78 Å². The van der Waals surface area contributed by atoms with Crippen molar-refractivity contribution < 1.29 is 4.79 Å². The Kier molecular flexibility index (Phi) is 2.60. The summed E-state index contributed by atoms with van der Waals surface area (Å²) in [5.41, 5.74) is 0.444. The fourth-order valence-electron chi connectivity index (χ4n) is 0.738. The molecule has 0 aromatic carbocycles. The van der Waals surface area contributed by atoms with E-state index in [2.05, 4.69) is 4.98 Å². The Balaban J connectivity index is 2.96. The van der Waals surface area contributed by atoms with Gasteiger partial charge in [-0.2, -0.15) is 0 Å². The summed E-state index contributed by atoms with van der Waals surface area (Å²) < 4.78 is 0. The molecule has 0 aliphatic rings. The molecule has 0 spiro atoms. The highest BCUT2D eigenvalue weighted by atomic mass is 35.5. The van der Waals surface area contributed by atoms with E-state index in [4.69, 9.17) is 11.6 Å². The Morgan fingerprint density at radius 1 is 1.73 bits per heavy atom. The van der Waals surface area contributed by atoms with Crippen LogP contribution in [0.4, 0.5) is 0 Å². The molecule has 0 N–H and O–H groups in total. The van der Waals surface area contributed by atoms with E-state index in [1.165, 1.54) is 6.20 Å². The maximum Gasteiger partial charge on any atom is 0.180 e. The number of pyridine rings is 1. The van der Waals surface area contributed by atoms with Gasteiger partial charge in [-0.1, -0.05) is 18.5 Å². The fourth-order valence-corrected chi connectivity index (χ4v) is 0.898. The number of hydrogen-bond donors (Lipinski definition) is 0. The van der Waals surface area contributed by atoms with E-state index in [1.54, 1.807) is 19.1 Å². The third-order valence-electron chi connectivity index (χ3n) is 1.33. The zero-order valence-corrected chi connectivity index (χ0v) is 6.93. The summed E-state index contributed by atoms with van der Waals surface area (Å²) in [6.45, 7) is 1.80. The fraction of sp³-hybridized carbons (Fsp3) is 0.250. The molecule has 1 aromatic heterocycles. The zero-order valence-electron chi connectivity index (χ0n) is 6.17. The Bertz CT molecular complexity index is 273. The largest absolute Gasteiger partial charge is 0.292 e. The first-order valence-electron chi connectivity index (χ1n) is 3.38. The van der Waals surface area contributed by atoms with Gasteiger partial charge in [-0.15, -0.1) is 0 Å². The van der Waals surface area contributed by atoms with Crippen molar-refractivity contribution in [2.45, 2.75) is 13.3 Å². The van der Waals surface area contributed by atoms with Gasteiger partial charge in [-0.25, -0.2) is 0 Å². The van der Waals surface area contributed by atoms with Crippen LogP contribution in [-0.2, 0) is 0 Å². The second-order valence-corrected chi connectivity index (χ2v) is 2.57. The maximum atomic E-state index is 11.0. The number of carbonyl (C=O) groups is 1. The molecule has 0 bridgehead atoms. The maximum absolute atomic E-state index is 11.0. The predicted octanol–water partition coefficient (Wildman–Crippen LogP) is 2.33. The average molecular weight is 170 g/mol. The summed E-state index contributed by atoms with van der Waals surface area (Å²) >= 11 is 5.65. The molecule has 0 unspecified atom stereocenters. The molecule has 2 nitrogen and oxygen atoms in total. The van der Waals surface area contributed by atoms with E-state index >= 15 is 0 Å². The van der Waals surface area contributed by atoms with Crippen LogP contribution >= 0.6 is 11.6 Å². The Hall–Kier alpha value is -0.890. The van der Waals surface area contributed by atoms with Gasteiger partial charge in [0.2, 0.25) is 0 Å². The van der Waals surface area contributed by atoms with Gasteiger partial charge in [0.05, 0.1) is 0 Å². The van der Waals surface area contributed by atoms with Crippen LogP contribution in [0.1, 0.15) is 23.8 Å². The Morgan fingerprint density at radius 2 is 2.45 bits per heavy atom. The highest BCUT2D eigenvalue weighted by Crippen LogP contribution is 2.08. The van der Waals surface area contributed by atoms with Gasteiger partial charge in [0.1, 0.15) is 5.69 Å². The number of halogens is 1. The van der Waals surface area contributed by atoms with E-state index in [0.717, 1.165) is 0 Å². The third-order valence-corrected chi connectivity index (χ3v) is 1.56. The summed E-state index contributed by atoms with van der Waals surface area (Å²) in [7, 11) is 0. The van der Waals surface area contributed by atoms with Gasteiger partial charge in [-0.3, -0.25) is 9.78 Å². The van der Waals surface area contributed by atoms with Crippen LogP contribution < -0.4 is 0 Å². The van der Waals surface area contributed by atoms with Crippen molar-refractivity contribution in [3.63, 3.8) is 0 Å². The monoisotopic (exact) mass is 169 g/mol. The summed E-state index contributed by atoms with van der Waals surface area (Å²) in [6, 6.07) is 3.22. The molecule has 0 atom stereocenters. The molecule has 11 heavy (non-hydrogen) atoms. The van der Waals surface area contributed by atoms with Gasteiger partial charge in [-0.05, 0) is 12.1 Å². The van der Waals surface area contributed by atoms with Crippen LogP contribution in [0.2, 0.25) is 5.02 Å². The van der Waals surface area contributed by atoms with Gasteiger partial charge in [0.15, 0.2) is 5.78 Å². The first-order valence-corrected chi connectivity index (χ1v) is 3.76. The predicted molar refractivity (Wildman–Crippen MR) is 43.9 cm³/mol. The first kappa shape index (κ1) is 8.21. The van der Waals surface area contributed by atoms with Crippen molar-refractivity contribution >= 4 is 17.4 Å². The molecule has 1 rings (SSSR count). The van der Waals surface area contributed by atoms with E-state index in [9.17, 15) is 4.79 Å². The Labute approximate surface area is 70.2 Å². The quantitative estimate of drug-likeness (QED) is 0.636. The lowest BCUT2D eigenvalue weighted by molar-refractivity contribution is 0.0983. The number of rotatable bonds is 2. The summed E-state index contributed by atoms with van der Waals surface area (Å²) in [5.74, 6) is 0.0208. The van der Waals surface area contributed by atoms with Crippen LogP contribution in [0, 0.1) is 0 Å². The van der Waals surface area contributed by atoms with Gasteiger partial charge >= 0.3 is 0 Å². The summed E-state index contributed by atoms with van der Waals surface area (Å²) in [4.78, 5) is 14.9. The van der Waals surface area contributed by atoms with Gasteiger partial charge < -0.3 is 0 Å². The lowest BCUT2D eigenvalue weighted by Gasteiger charge is -1.95. The van der Waals surface area contributed by atoms with Crippen LogP contribution in [0.15, 0.2) is 18.3 Å². The van der Waals surface area contributed by atoms with Crippen molar-refractivity contribution in [1.29, 1.82) is 0 Å². The number of ketones is 1. The number of nitrogens with zero attached hydrogens (tertiary/aromatic N) is 1. The van der Waals surface area contributed by atoms with Crippen molar-refractivity contribution in [3.05, 3.63) is 29.0 Å². The van der Waals surface area contributed by atoms with E-state index in [1.807, 2.05) is 0 Å². The van der Waals surface area contributed by atoms with Crippen LogP contribution in [-0.4, -0.2) is 10.8 Å². The van der Waals surface area contributed by atoms with Crippen molar-refractivity contribution in [1.82, 2.24) is 4.98 Å². The molecular weight excluding hydrogens is 162 g/mol. The van der Waals surface area contributed by atoms with E-state index < -0.39 is 0 Å². The molecule has 0 aliphatic carbocycles. The second kappa shape index (κ2) is 3.49. The number of Topliss-reactive ketones (excluding diaryl/α,β-unsaturated/α-hetero) is 1. The second-order valence-electron chi connectivity index (χ2n) is 2.14. The molecule has 1 aromatic rings. The molecule has 58 valence electrons. The summed E-state index contributed by atoms with van der Waals surface area (Å²) in [6.07, 6.45) is 2.00. The smallest absolute Gasteiger partial charge is 0.180 e. The molecular formula is C8H8ClNO. The Morgan fingerprint density at radius 3 is 3.00 bits per heavy atom. The minimum Gasteiger partial charge on any atom is -0.292 e. The van der Waals surface area contributed by atoms with Crippen LogP contribution in [0.25, 0.3) is 0 Å². The minimum atomic E-state index is 0.0208. The van der Waals surface area contributed by atoms with Crippen LogP contribution in [0.5, 0.6) is 0 Å². The van der Waals surface area contributed by atoms with Crippen molar-refractivity contribution in [2.24, 2.45) is 0 Å². The molecule has 0 amide bonds. The number of carbonyl (C=O) groups excluding carboxylic acids is 1. The van der Waals surface area contributed by atoms with Gasteiger partial charge in [0, 0.05) is 17.6 Å². The molecule has 0 saturated carbocycles. The number of hydrogen-bond acceptors (Lipinski definition) is 2. The van der Waals surface area contributed by atoms with Crippen molar-refractivity contribution in [3.8, 4) is 0 Å². The van der Waals surface area contributed by atoms with E-state index in [0.29, 0.717) is 17.1 Å². The molecule has 1 heterocycles. The first-order chi connectivity index (χ1) is 5.24. The molecule has 0 aliphatic heterocycles. The van der Waals surface area contributed by atoms with Crippen molar-refractivity contribution in [2.75, 3.05) is 0 Å². The molecule has 0 saturated heterocycles. The average Bonchev–Trinajstić information content (AvgIpc) is 2.03. The minimum absolute atomic E-state index is 0.0208. The third kappa shape index (κ3) is 2.02. The normalized spacial score (nSPS) is 9.64. The SMILES string of the molecule is CCC(=O)c1cc(Cl)ccn1. The lowest BCUT2D eigenvalue weighted by Crippen LogP contribution is -1.98. The number of aromatic nitrogens is 1. The standard InChI is InChI=1S/C8H8ClNO/c1-2-8(11)7-5-6(9)3-4-10-7/h3-5H,2H2,1H3. The molecule has 0 radical (unpaired) electrons. The highest BCUT2D eigenvalue weighted by molar-refractivity contribution is 6.30. The highest BCUT2D eigenvalue weighted by Gasteiger charge is 2.03. The molecule has 3 heteroatoms. The lowest BCUT2D eigenvalue weighted by atomic mass is 10.2.